The van der Waals surface area contributed by atoms with Gasteiger partial charge in [0.1, 0.15) is 6.04 Å². The minimum Gasteiger partial charge on any atom is -0.357 e. The Labute approximate surface area is 202 Å². The van der Waals surface area contributed by atoms with Crippen molar-refractivity contribution < 1.29 is 9.59 Å². The molecule has 32 heavy (non-hydrogen) atoms. The molecule has 0 bridgehead atoms. The lowest BCUT2D eigenvalue weighted by molar-refractivity contribution is -0.141. The van der Waals surface area contributed by atoms with Crippen LogP contribution in [-0.4, -0.2) is 29.8 Å². The summed E-state index contributed by atoms with van der Waals surface area (Å²) in [5, 5.41) is 3.38. The first-order valence-corrected chi connectivity index (χ1v) is 11.7. The molecular formula is C26H26BrClN2O2. The van der Waals surface area contributed by atoms with Crippen molar-refractivity contribution in [2.24, 2.45) is 0 Å². The Hall–Kier alpha value is -2.63. The first-order valence-electron chi connectivity index (χ1n) is 10.5. The topological polar surface area (TPSA) is 49.4 Å². The van der Waals surface area contributed by atoms with Crippen molar-refractivity contribution in [3.05, 3.63) is 105 Å². The Morgan fingerprint density at radius 1 is 0.938 bits per heavy atom. The fourth-order valence-electron chi connectivity index (χ4n) is 3.59. The van der Waals surface area contributed by atoms with Crippen molar-refractivity contribution in [3.8, 4) is 0 Å². The van der Waals surface area contributed by atoms with Gasteiger partial charge in [0.15, 0.2) is 0 Å². The molecule has 0 radical (unpaired) electrons. The number of hydrogen-bond acceptors (Lipinski definition) is 2. The second kappa shape index (κ2) is 11.8. The van der Waals surface area contributed by atoms with Gasteiger partial charge in [0.05, 0.1) is 0 Å². The number of nitrogens with one attached hydrogen (secondary N) is 1. The molecule has 0 fully saturated rings. The molecule has 3 aromatic rings. The van der Waals surface area contributed by atoms with Crippen molar-refractivity contribution >= 4 is 39.3 Å². The molecule has 0 aliphatic rings. The third-order valence-electron chi connectivity index (χ3n) is 5.35. The number of halogens is 2. The van der Waals surface area contributed by atoms with Gasteiger partial charge < -0.3 is 10.2 Å². The molecule has 0 aliphatic heterocycles. The van der Waals surface area contributed by atoms with Crippen molar-refractivity contribution in [1.82, 2.24) is 10.2 Å². The largest absolute Gasteiger partial charge is 0.357 e. The Balaban J connectivity index is 1.87. The van der Waals surface area contributed by atoms with Crippen LogP contribution in [0, 0.1) is 0 Å². The first-order chi connectivity index (χ1) is 15.5. The monoisotopic (exact) mass is 512 g/mol. The number of benzene rings is 3. The molecule has 0 saturated carbocycles. The maximum atomic E-state index is 13.4. The van der Waals surface area contributed by atoms with Crippen LogP contribution < -0.4 is 5.32 Å². The van der Waals surface area contributed by atoms with Crippen molar-refractivity contribution in [1.29, 1.82) is 0 Å². The molecule has 0 saturated heterocycles. The molecule has 2 amide bonds. The third kappa shape index (κ3) is 6.68. The maximum absolute atomic E-state index is 13.4. The van der Waals surface area contributed by atoms with Gasteiger partial charge in [-0.15, -0.1) is 0 Å². The zero-order valence-electron chi connectivity index (χ0n) is 17.9. The molecule has 6 heteroatoms. The molecule has 4 nitrogen and oxygen atoms in total. The van der Waals surface area contributed by atoms with Crippen LogP contribution in [0.3, 0.4) is 0 Å². The molecule has 0 aliphatic carbocycles. The highest BCUT2D eigenvalue weighted by molar-refractivity contribution is 9.10. The second-order valence-corrected chi connectivity index (χ2v) is 8.88. The quantitative estimate of drug-likeness (QED) is 0.415. The average Bonchev–Trinajstić information content (AvgIpc) is 2.82. The van der Waals surface area contributed by atoms with Crippen LogP contribution >= 0.6 is 27.5 Å². The van der Waals surface area contributed by atoms with Crippen LogP contribution in [0.1, 0.15) is 23.1 Å². The van der Waals surface area contributed by atoms with Crippen LogP contribution in [0.2, 0.25) is 5.02 Å². The number of hydrogen-bond donors (Lipinski definition) is 1. The van der Waals surface area contributed by atoms with Crippen LogP contribution in [0.4, 0.5) is 0 Å². The number of rotatable bonds is 9. The van der Waals surface area contributed by atoms with E-state index >= 15 is 0 Å². The molecule has 1 N–H and O–H groups in total. The van der Waals surface area contributed by atoms with E-state index in [0.29, 0.717) is 24.4 Å². The third-order valence-corrected chi connectivity index (χ3v) is 6.25. The fourth-order valence-corrected chi connectivity index (χ4v) is 4.09. The standard InChI is InChI=1S/C26H26BrClN2O2/c1-29-26(32)24(17-19-7-3-2-4-8-19)30(18-20-11-14-22(27)15-12-20)25(31)16-13-21-9-5-6-10-23(21)28/h2-12,14-15,24H,13,16-18H2,1H3,(H,29,32). The summed E-state index contributed by atoms with van der Waals surface area (Å²) in [6.07, 6.45) is 1.22. The molecule has 0 heterocycles. The van der Waals surface area contributed by atoms with Crippen molar-refractivity contribution in [2.45, 2.75) is 31.8 Å². The van der Waals surface area contributed by atoms with Gasteiger partial charge in [-0.05, 0) is 41.3 Å². The predicted molar refractivity (Wildman–Crippen MR) is 132 cm³/mol. The van der Waals surface area contributed by atoms with Gasteiger partial charge >= 0.3 is 0 Å². The number of amides is 2. The normalized spacial score (nSPS) is 11.6. The summed E-state index contributed by atoms with van der Waals surface area (Å²) in [4.78, 5) is 28.0. The molecular weight excluding hydrogens is 488 g/mol. The second-order valence-electron chi connectivity index (χ2n) is 7.56. The average molecular weight is 514 g/mol. The van der Waals surface area contributed by atoms with E-state index in [1.165, 1.54) is 0 Å². The lowest BCUT2D eigenvalue weighted by Gasteiger charge is -2.31. The zero-order valence-corrected chi connectivity index (χ0v) is 20.3. The Kier molecular flexibility index (Phi) is 8.89. The van der Waals surface area contributed by atoms with Gasteiger partial charge in [-0.2, -0.15) is 0 Å². The van der Waals surface area contributed by atoms with Gasteiger partial charge in [-0.25, -0.2) is 0 Å². The van der Waals surface area contributed by atoms with Gasteiger partial charge in [0.2, 0.25) is 11.8 Å². The summed E-state index contributed by atoms with van der Waals surface area (Å²) >= 11 is 9.73. The smallest absolute Gasteiger partial charge is 0.242 e. The van der Waals surface area contributed by atoms with E-state index in [1.807, 2.05) is 78.9 Å². The molecule has 1 unspecified atom stereocenters. The van der Waals surface area contributed by atoms with Crippen LogP contribution in [0.25, 0.3) is 0 Å². The Morgan fingerprint density at radius 2 is 1.59 bits per heavy atom. The predicted octanol–water partition coefficient (Wildman–Crippen LogP) is 5.42. The highest BCUT2D eigenvalue weighted by Gasteiger charge is 2.29. The molecule has 3 aromatic carbocycles. The van der Waals surface area contributed by atoms with Crippen LogP contribution in [0.5, 0.6) is 0 Å². The van der Waals surface area contributed by atoms with E-state index in [9.17, 15) is 9.59 Å². The molecule has 0 aromatic heterocycles. The summed E-state index contributed by atoms with van der Waals surface area (Å²) in [5.74, 6) is -0.269. The molecule has 3 rings (SSSR count). The number of aryl methyl sites for hydroxylation is 1. The summed E-state index contributed by atoms with van der Waals surface area (Å²) in [5.41, 5.74) is 2.88. The van der Waals surface area contributed by atoms with Gasteiger partial charge in [0.25, 0.3) is 0 Å². The van der Waals surface area contributed by atoms with Crippen LogP contribution in [0.15, 0.2) is 83.3 Å². The summed E-state index contributed by atoms with van der Waals surface area (Å²) in [7, 11) is 1.60. The van der Waals surface area contributed by atoms with E-state index in [0.717, 1.165) is 21.2 Å². The summed E-state index contributed by atoms with van der Waals surface area (Å²) in [6.45, 7) is 0.347. The summed E-state index contributed by atoms with van der Waals surface area (Å²) < 4.78 is 0.963. The number of carbonyl (C=O) groups excluding carboxylic acids is 2. The highest BCUT2D eigenvalue weighted by Crippen LogP contribution is 2.20. The molecule has 0 spiro atoms. The zero-order chi connectivity index (χ0) is 22.9. The minimum absolute atomic E-state index is 0.0858. The van der Waals surface area contributed by atoms with E-state index in [-0.39, 0.29) is 18.2 Å². The fraction of sp³-hybridized carbons (Fsp3) is 0.231. The number of nitrogens with zero attached hydrogens (tertiary/aromatic N) is 1. The molecule has 166 valence electrons. The van der Waals surface area contributed by atoms with Gasteiger partial charge in [-0.3, -0.25) is 9.59 Å². The van der Waals surface area contributed by atoms with E-state index in [4.69, 9.17) is 11.6 Å². The van der Waals surface area contributed by atoms with E-state index in [2.05, 4.69) is 21.2 Å². The van der Waals surface area contributed by atoms with Crippen molar-refractivity contribution in [2.75, 3.05) is 7.05 Å². The number of carbonyl (C=O) groups is 2. The lowest BCUT2D eigenvalue weighted by Crippen LogP contribution is -2.49. The highest BCUT2D eigenvalue weighted by atomic mass is 79.9. The van der Waals surface area contributed by atoms with E-state index in [1.54, 1.807) is 11.9 Å². The van der Waals surface area contributed by atoms with Crippen LogP contribution in [-0.2, 0) is 29.0 Å². The minimum atomic E-state index is -0.621. The lowest BCUT2D eigenvalue weighted by atomic mass is 10.0. The maximum Gasteiger partial charge on any atom is 0.242 e. The van der Waals surface area contributed by atoms with Crippen molar-refractivity contribution in [3.63, 3.8) is 0 Å². The number of likely N-dealkylation sites (N-methyl/N-ethyl adjacent to an activating group) is 1. The van der Waals surface area contributed by atoms with Gasteiger partial charge in [0, 0.05) is 35.9 Å². The summed E-state index contributed by atoms with van der Waals surface area (Å²) in [6, 6.07) is 24.5. The molecule has 1 atom stereocenters. The SMILES string of the molecule is CNC(=O)C(Cc1ccccc1)N(Cc1ccc(Br)cc1)C(=O)CCc1ccccc1Cl. The Morgan fingerprint density at radius 3 is 2.25 bits per heavy atom. The van der Waals surface area contributed by atoms with Gasteiger partial charge in [-0.1, -0.05) is 88.2 Å². The van der Waals surface area contributed by atoms with E-state index < -0.39 is 6.04 Å². The Bertz CT molecular complexity index is 1040. The first kappa shape index (κ1) is 24.0.